The zero-order chi connectivity index (χ0) is 23.6. The Morgan fingerprint density at radius 2 is 1.67 bits per heavy atom. The first-order valence-corrected chi connectivity index (χ1v) is 11.5. The number of fused-ring (bicyclic) bond motifs is 3. The van der Waals surface area contributed by atoms with Crippen LogP contribution in [0.5, 0.6) is 0 Å². The molecule has 4 rings (SSSR count). The molecule has 33 heavy (non-hydrogen) atoms. The molecule has 1 saturated carbocycles. The molecule has 7 heteroatoms. The zero-order valence-corrected chi connectivity index (χ0v) is 19.0. The fourth-order valence-corrected chi connectivity index (χ4v) is 4.79. The number of alkyl carbamates (subject to hydrolysis) is 1. The molecular formula is C26H30N2O5. The van der Waals surface area contributed by atoms with E-state index in [1.165, 1.54) is 0 Å². The molecule has 2 aliphatic rings. The predicted molar refractivity (Wildman–Crippen MR) is 124 cm³/mol. The first-order chi connectivity index (χ1) is 15.8. The van der Waals surface area contributed by atoms with Crippen LogP contribution in [0.25, 0.3) is 11.1 Å². The number of carboxylic acids is 1. The number of carbonyl (C=O) groups is 3. The Balaban J connectivity index is 1.37. The number of nitrogens with one attached hydrogen (secondary N) is 2. The number of amides is 2. The zero-order valence-electron chi connectivity index (χ0n) is 19.0. The minimum absolute atomic E-state index is 0.0493. The fraction of sp³-hybridized carbons (Fsp3) is 0.423. The summed E-state index contributed by atoms with van der Waals surface area (Å²) in [5.74, 6) is -1.65. The van der Waals surface area contributed by atoms with E-state index >= 15 is 0 Å². The van der Waals surface area contributed by atoms with Gasteiger partial charge in [-0.1, -0.05) is 61.9 Å². The molecule has 0 bridgehead atoms. The summed E-state index contributed by atoms with van der Waals surface area (Å²) in [5, 5.41) is 14.6. The molecule has 174 valence electrons. The van der Waals surface area contributed by atoms with Crippen LogP contribution in [0.2, 0.25) is 0 Å². The lowest BCUT2D eigenvalue weighted by Gasteiger charge is -2.29. The Morgan fingerprint density at radius 3 is 2.21 bits per heavy atom. The standard InChI is InChI=1S/C26H30N2O5/c1-3-12-26(2,24(31)27-14-16-13-21(16)23(29)30)28-25(32)33-15-22-19-10-6-4-8-17(19)18-9-5-7-11-20(18)22/h4-11,16,21-22H,3,12-15H2,1-2H3,(H,27,31)(H,28,32)(H,29,30)/t16-,21-,26?/m0/s1. The van der Waals surface area contributed by atoms with Gasteiger partial charge in [0.1, 0.15) is 12.1 Å². The number of aliphatic carboxylic acids is 1. The van der Waals surface area contributed by atoms with E-state index < -0.39 is 23.5 Å². The van der Waals surface area contributed by atoms with E-state index in [1.54, 1.807) is 6.92 Å². The molecule has 1 fully saturated rings. The summed E-state index contributed by atoms with van der Waals surface area (Å²) in [5.41, 5.74) is 3.41. The van der Waals surface area contributed by atoms with Crippen LogP contribution < -0.4 is 10.6 Å². The average molecular weight is 451 g/mol. The number of ether oxygens (including phenoxy) is 1. The van der Waals surface area contributed by atoms with Gasteiger partial charge in [-0.2, -0.15) is 0 Å². The predicted octanol–water partition coefficient (Wildman–Crippen LogP) is 3.92. The van der Waals surface area contributed by atoms with Gasteiger partial charge in [-0.05, 0) is 47.9 Å². The Hall–Kier alpha value is -3.35. The lowest BCUT2D eigenvalue weighted by atomic mass is 9.95. The quantitative estimate of drug-likeness (QED) is 0.537. The molecule has 0 heterocycles. The third-order valence-electron chi connectivity index (χ3n) is 6.74. The van der Waals surface area contributed by atoms with Gasteiger partial charge in [-0.3, -0.25) is 9.59 Å². The molecule has 0 aromatic heterocycles. The van der Waals surface area contributed by atoms with E-state index in [4.69, 9.17) is 9.84 Å². The molecule has 7 nitrogen and oxygen atoms in total. The monoisotopic (exact) mass is 450 g/mol. The highest BCUT2D eigenvalue weighted by Gasteiger charge is 2.44. The molecule has 0 saturated heterocycles. The van der Waals surface area contributed by atoms with Gasteiger partial charge in [0.2, 0.25) is 5.91 Å². The summed E-state index contributed by atoms with van der Waals surface area (Å²) < 4.78 is 5.61. The van der Waals surface area contributed by atoms with Crippen molar-refractivity contribution in [3.63, 3.8) is 0 Å². The Morgan fingerprint density at radius 1 is 1.06 bits per heavy atom. The second-order valence-corrected chi connectivity index (χ2v) is 9.18. The van der Waals surface area contributed by atoms with E-state index in [0.717, 1.165) is 22.3 Å². The second kappa shape index (κ2) is 9.25. The van der Waals surface area contributed by atoms with Crippen LogP contribution in [0.4, 0.5) is 4.79 Å². The molecule has 0 aliphatic heterocycles. The second-order valence-electron chi connectivity index (χ2n) is 9.18. The largest absolute Gasteiger partial charge is 0.481 e. The summed E-state index contributed by atoms with van der Waals surface area (Å²) in [6.45, 7) is 4.08. The number of carbonyl (C=O) groups excluding carboxylic acids is 2. The number of carboxylic acid groups (broad SMARTS) is 1. The lowest BCUT2D eigenvalue weighted by molar-refractivity contribution is -0.139. The Bertz CT molecular complexity index is 1020. The van der Waals surface area contributed by atoms with Crippen molar-refractivity contribution >= 4 is 18.0 Å². The maximum Gasteiger partial charge on any atom is 0.408 e. The van der Waals surface area contributed by atoms with Crippen molar-refractivity contribution in [2.75, 3.05) is 13.2 Å². The normalized spacial score (nSPS) is 20.2. The van der Waals surface area contributed by atoms with Crippen molar-refractivity contribution in [3.05, 3.63) is 59.7 Å². The SMILES string of the molecule is CCCC(C)(NC(=O)OCC1c2ccccc2-c2ccccc21)C(=O)NC[C@@H]1C[C@@H]1C(=O)O. The molecule has 2 aliphatic carbocycles. The first-order valence-electron chi connectivity index (χ1n) is 11.5. The van der Waals surface area contributed by atoms with E-state index in [9.17, 15) is 14.4 Å². The van der Waals surface area contributed by atoms with Crippen molar-refractivity contribution < 1.29 is 24.2 Å². The Kier molecular flexibility index (Phi) is 6.40. The maximum absolute atomic E-state index is 12.9. The molecule has 0 radical (unpaired) electrons. The number of hydrogen-bond acceptors (Lipinski definition) is 4. The third kappa shape index (κ3) is 4.72. The fourth-order valence-electron chi connectivity index (χ4n) is 4.79. The van der Waals surface area contributed by atoms with Crippen molar-refractivity contribution in [2.45, 2.75) is 44.6 Å². The average Bonchev–Trinajstić information content (AvgIpc) is 3.52. The van der Waals surface area contributed by atoms with Crippen LogP contribution in [0.15, 0.2) is 48.5 Å². The van der Waals surface area contributed by atoms with E-state index in [2.05, 4.69) is 34.9 Å². The summed E-state index contributed by atoms with van der Waals surface area (Å²) in [6.07, 6.45) is 1.06. The maximum atomic E-state index is 12.9. The van der Waals surface area contributed by atoms with Gasteiger partial charge >= 0.3 is 12.1 Å². The van der Waals surface area contributed by atoms with Crippen molar-refractivity contribution in [3.8, 4) is 11.1 Å². The van der Waals surface area contributed by atoms with Crippen LogP contribution >= 0.6 is 0 Å². The molecule has 2 aromatic rings. The van der Waals surface area contributed by atoms with Gasteiger partial charge in [0, 0.05) is 12.5 Å². The molecule has 1 unspecified atom stereocenters. The highest BCUT2D eigenvalue weighted by atomic mass is 16.5. The third-order valence-corrected chi connectivity index (χ3v) is 6.74. The molecule has 2 aromatic carbocycles. The van der Waals surface area contributed by atoms with Gasteiger partial charge in [0.15, 0.2) is 0 Å². The van der Waals surface area contributed by atoms with Crippen LogP contribution in [0.1, 0.15) is 50.2 Å². The topological polar surface area (TPSA) is 105 Å². The van der Waals surface area contributed by atoms with E-state index in [-0.39, 0.29) is 24.3 Å². The highest BCUT2D eigenvalue weighted by molar-refractivity contribution is 5.89. The molecule has 2 amide bonds. The number of benzene rings is 2. The van der Waals surface area contributed by atoms with Crippen LogP contribution in [-0.4, -0.2) is 41.8 Å². The number of hydrogen-bond donors (Lipinski definition) is 3. The van der Waals surface area contributed by atoms with E-state index in [0.29, 0.717) is 25.8 Å². The van der Waals surface area contributed by atoms with Crippen molar-refractivity contribution in [2.24, 2.45) is 11.8 Å². The summed E-state index contributed by atoms with van der Waals surface area (Å²) >= 11 is 0. The molecule has 3 N–H and O–H groups in total. The van der Waals surface area contributed by atoms with Crippen molar-refractivity contribution in [1.29, 1.82) is 0 Å². The molecule has 3 atom stereocenters. The van der Waals surface area contributed by atoms with Crippen molar-refractivity contribution in [1.82, 2.24) is 10.6 Å². The van der Waals surface area contributed by atoms with Gasteiger partial charge in [-0.25, -0.2) is 4.79 Å². The molecule has 0 spiro atoms. The van der Waals surface area contributed by atoms with Gasteiger partial charge < -0.3 is 20.5 Å². The number of rotatable bonds is 9. The summed E-state index contributed by atoms with van der Waals surface area (Å²) in [7, 11) is 0. The van der Waals surface area contributed by atoms with Crippen LogP contribution in [0.3, 0.4) is 0 Å². The smallest absolute Gasteiger partial charge is 0.408 e. The van der Waals surface area contributed by atoms with Gasteiger partial charge in [0.25, 0.3) is 0 Å². The molecular weight excluding hydrogens is 420 g/mol. The summed E-state index contributed by atoms with van der Waals surface area (Å²) in [6, 6.07) is 16.2. The Labute approximate surface area is 193 Å². The van der Waals surface area contributed by atoms with E-state index in [1.807, 2.05) is 31.2 Å². The first kappa shape index (κ1) is 22.8. The minimum atomic E-state index is -1.13. The van der Waals surface area contributed by atoms with Crippen LogP contribution in [0, 0.1) is 11.8 Å². The van der Waals surface area contributed by atoms with Gasteiger partial charge in [-0.15, -0.1) is 0 Å². The minimum Gasteiger partial charge on any atom is -0.481 e. The highest BCUT2D eigenvalue weighted by Crippen LogP contribution is 2.44. The summed E-state index contributed by atoms with van der Waals surface area (Å²) in [4.78, 5) is 36.6. The van der Waals surface area contributed by atoms with Crippen LogP contribution in [-0.2, 0) is 14.3 Å². The lowest BCUT2D eigenvalue weighted by Crippen LogP contribution is -2.57. The van der Waals surface area contributed by atoms with Gasteiger partial charge in [0.05, 0.1) is 5.92 Å².